The van der Waals surface area contributed by atoms with Crippen LogP contribution >= 0.6 is 0 Å². The van der Waals surface area contributed by atoms with Gasteiger partial charge in [-0.05, 0) is 97.0 Å². The van der Waals surface area contributed by atoms with Gasteiger partial charge in [0.1, 0.15) is 29.2 Å². The van der Waals surface area contributed by atoms with Crippen LogP contribution in [0.5, 0.6) is 11.5 Å². The van der Waals surface area contributed by atoms with E-state index in [0.29, 0.717) is 11.5 Å². The maximum atomic E-state index is 14.3. The molecular weight excluding hydrogens is 415 g/mol. The number of carbonyl (C=O) groups excluding carboxylic acids is 1. The van der Waals surface area contributed by atoms with Crippen molar-refractivity contribution in [3.05, 3.63) is 83.2 Å². The van der Waals surface area contributed by atoms with Crippen molar-refractivity contribution in [2.24, 2.45) is 11.8 Å². The molecule has 3 atom stereocenters. The van der Waals surface area contributed by atoms with Crippen molar-refractivity contribution in [2.75, 3.05) is 0 Å². The first kappa shape index (κ1) is 21.7. The monoisotopic (exact) mass is 444 g/mol. The number of phenolic OH excluding ortho intramolecular Hbond substituents is 1. The van der Waals surface area contributed by atoms with E-state index in [0.717, 1.165) is 35.3 Å². The summed E-state index contributed by atoms with van der Waals surface area (Å²) in [5.41, 5.74) is 4.62. The van der Waals surface area contributed by atoms with Gasteiger partial charge >= 0.3 is 0 Å². The Morgan fingerprint density at radius 2 is 1.88 bits per heavy atom. The van der Waals surface area contributed by atoms with E-state index in [4.69, 9.17) is 4.74 Å². The third kappa shape index (κ3) is 4.39. The second kappa shape index (κ2) is 8.66. The molecule has 1 saturated carbocycles. The summed E-state index contributed by atoms with van der Waals surface area (Å²) in [7, 11) is 0. The molecule has 0 bridgehead atoms. The Morgan fingerprint density at radius 1 is 1.06 bits per heavy atom. The number of benzene rings is 3. The van der Waals surface area contributed by atoms with Gasteiger partial charge in [-0.15, -0.1) is 0 Å². The summed E-state index contributed by atoms with van der Waals surface area (Å²) in [5.74, 6) is 1.62. The first-order valence-electron chi connectivity index (χ1n) is 11.8. The van der Waals surface area contributed by atoms with E-state index in [1.807, 2.05) is 37.3 Å². The minimum Gasteiger partial charge on any atom is -0.508 e. The second-order valence-electron chi connectivity index (χ2n) is 9.56. The first-order valence-corrected chi connectivity index (χ1v) is 11.8. The zero-order chi connectivity index (χ0) is 23.1. The molecule has 0 radical (unpaired) electrons. The maximum absolute atomic E-state index is 14.3. The van der Waals surface area contributed by atoms with E-state index in [1.165, 1.54) is 36.6 Å². The molecule has 1 N–H and O–H groups in total. The van der Waals surface area contributed by atoms with Crippen LogP contribution in [0.3, 0.4) is 0 Å². The fourth-order valence-corrected chi connectivity index (χ4v) is 5.24. The van der Waals surface area contributed by atoms with Gasteiger partial charge in [0.05, 0.1) is 0 Å². The molecule has 3 aromatic carbocycles. The quantitative estimate of drug-likeness (QED) is 0.427. The molecule has 0 amide bonds. The Hall–Kier alpha value is -3.14. The van der Waals surface area contributed by atoms with Crippen molar-refractivity contribution in [1.29, 1.82) is 0 Å². The van der Waals surface area contributed by atoms with Crippen LogP contribution in [0.25, 0.3) is 11.1 Å². The van der Waals surface area contributed by atoms with Gasteiger partial charge < -0.3 is 9.84 Å². The van der Waals surface area contributed by atoms with E-state index in [9.17, 15) is 14.3 Å². The van der Waals surface area contributed by atoms with Crippen molar-refractivity contribution >= 4 is 5.78 Å². The number of Topliss-reactive ketones (excluding diaryl/α,β-unsaturated/α-hetero) is 1. The highest BCUT2D eigenvalue weighted by Crippen LogP contribution is 2.47. The molecule has 0 aliphatic heterocycles. The number of hydrogen-bond donors (Lipinski definition) is 1. The Bertz CT molecular complexity index is 1200. The van der Waals surface area contributed by atoms with Gasteiger partial charge in [-0.25, -0.2) is 4.39 Å². The lowest BCUT2D eigenvalue weighted by molar-refractivity contribution is -0.121. The van der Waals surface area contributed by atoms with Gasteiger partial charge in [0.15, 0.2) is 0 Å². The number of phenols is 1. The van der Waals surface area contributed by atoms with E-state index < -0.39 is 0 Å². The van der Waals surface area contributed by atoms with Crippen molar-refractivity contribution in [2.45, 2.75) is 51.6 Å². The predicted molar refractivity (Wildman–Crippen MR) is 127 cm³/mol. The number of aromatic hydroxyl groups is 1. The van der Waals surface area contributed by atoms with Crippen LogP contribution in [-0.2, 0) is 11.2 Å². The average molecular weight is 445 g/mol. The molecule has 1 fully saturated rings. The van der Waals surface area contributed by atoms with Crippen LogP contribution in [0.2, 0.25) is 0 Å². The largest absolute Gasteiger partial charge is 0.508 e. The van der Waals surface area contributed by atoms with Gasteiger partial charge in [-0.2, -0.15) is 0 Å². The number of hydrogen-bond acceptors (Lipinski definition) is 3. The van der Waals surface area contributed by atoms with Crippen molar-refractivity contribution < 1.29 is 19.0 Å². The van der Waals surface area contributed by atoms with Crippen molar-refractivity contribution in [3.63, 3.8) is 0 Å². The SMILES string of the molecule is CC(=O)[C@@H](C)[C@H](c1cccc(O[C@@H]2CCc3cc(-c4cc(O)ccc4F)ccc32)c1)C1CC1. The highest BCUT2D eigenvalue weighted by molar-refractivity contribution is 5.79. The summed E-state index contributed by atoms with van der Waals surface area (Å²) in [6.07, 6.45) is 4.04. The molecule has 4 heteroatoms. The lowest BCUT2D eigenvalue weighted by Gasteiger charge is -2.23. The van der Waals surface area contributed by atoms with Gasteiger partial charge in [0.25, 0.3) is 0 Å². The van der Waals surface area contributed by atoms with Crippen LogP contribution in [0.1, 0.15) is 61.8 Å². The number of carbonyl (C=O) groups is 1. The maximum Gasteiger partial charge on any atom is 0.133 e. The average Bonchev–Trinajstić information content (AvgIpc) is 3.56. The van der Waals surface area contributed by atoms with E-state index in [-0.39, 0.29) is 35.3 Å². The number of aryl methyl sites for hydroxylation is 1. The van der Waals surface area contributed by atoms with Gasteiger partial charge in [-0.1, -0.05) is 37.3 Å². The Labute approximate surface area is 194 Å². The van der Waals surface area contributed by atoms with Crippen molar-refractivity contribution in [3.8, 4) is 22.6 Å². The Morgan fingerprint density at radius 3 is 2.64 bits per heavy atom. The summed E-state index contributed by atoms with van der Waals surface area (Å²) in [6, 6.07) is 18.3. The molecule has 0 unspecified atom stereocenters. The first-order chi connectivity index (χ1) is 15.9. The summed E-state index contributed by atoms with van der Waals surface area (Å²) >= 11 is 0. The zero-order valence-electron chi connectivity index (χ0n) is 19.1. The topological polar surface area (TPSA) is 46.5 Å². The molecule has 5 rings (SSSR count). The van der Waals surface area contributed by atoms with Crippen LogP contribution < -0.4 is 4.74 Å². The zero-order valence-corrected chi connectivity index (χ0v) is 19.1. The normalized spacial score (nSPS) is 19.1. The lowest BCUT2D eigenvalue weighted by atomic mass is 9.81. The third-order valence-electron chi connectivity index (χ3n) is 7.26. The van der Waals surface area contributed by atoms with Gasteiger partial charge in [-0.3, -0.25) is 4.79 Å². The lowest BCUT2D eigenvalue weighted by Crippen LogP contribution is -2.19. The highest BCUT2D eigenvalue weighted by Gasteiger charge is 2.37. The van der Waals surface area contributed by atoms with Crippen molar-refractivity contribution in [1.82, 2.24) is 0 Å². The smallest absolute Gasteiger partial charge is 0.133 e. The predicted octanol–water partition coefficient (Wildman–Crippen LogP) is 6.98. The number of ketones is 1. The third-order valence-corrected chi connectivity index (χ3v) is 7.26. The molecule has 170 valence electrons. The van der Waals surface area contributed by atoms with Crippen LogP contribution in [0.4, 0.5) is 4.39 Å². The minimum absolute atomic E-state index is 0.0104. The minimum atomic E-state index is -0.347. The molecule has 2 aliphatic carbocycles. The number of halogens is 1. The number of rotatable bonds is 7. The molecule has 2 aliphatic rings. The summed E-state index contributed by atoms with van der Waals surface area (Å²) < 4.78 is 20.7. The molecule has 33 heavy (non-hydrogen) atoms. The van der Waals surface area contributed by atoms with Crippen LogP contribution in [-0.4, -0.2) is 10.9 Å². The van der Waals surface area contributed by atoms with Crippen LogP contribution in [0.15, 0.2) is 60.7 Å². The number of ether oxygens (including phenoxy) is 1. The van der Waals surface area contributed by atoms with Gasteiger partial charge in [0.2, 0.25) is 0 Å². The molecule has 0 heterocycles. The standard InChI is InChI=1S/C29H29FO3/c1-17(18(2)31)29(19-6-7-19)22-4-3-5-24(15-22)33-28-13-9-20-14-21(8-11-25(20)28)26-16-23(32)10-12-27(26)30/h3-5,8,10-12,14-17,19,28-29,32H,6-7,9,13H2,1-2H3/t17-,28-,29+/m1/s1. The second-order valence-corrected chi connectivity index (χ2v) is 9.56. The van der Waals surface area contributed by atoms with E-state index in [2.05, 4.69) is 12.1 Å². The van der Waals surface area contributed by atoms with Crippen LogP contribution in [0, 0.1) is 17.7 Å². The molecular formula is C29H29FO3. The molecule has 0 aromatic heterocycles. The Balaban J connectivity index is 1.37. The number of fused-ring (bicyclic) bond motifs is 1. The molecule has 3 nitrogen and oxygen atoms in total. The Kier molecular flexibility index (Phi) is 5.69. The fraction of sp³-hybridized carbons (Fsp3) is 0.345. The summed E-state index contributed by atoms with van der Waals surface area (Å²) in [4.78, 5) is 12.1. The van der Waals surface area contributed by atoms with Gasteiger partial charge in [0, 0.05) is 11.5 Å². The highest BCUT2D eigenvalue weighted by atomic mass is 19.1. The fourth-order valence-electron chi connectivity index (χ4n) is 5.24. The molecule has 3 aromatic rings. The summed E-state index contributed by atoms with van der Waals surface area (Å²) in [6.45, 7) is 3.73. The summed E-state index contributed by atoms with van der Waals surface area (Å²) in [5, 5.41) is 9.76. The van der Waals surface area contributed by atoms with E-state index in [1.54, 1.807) is 6.92 Å². The van der Waals surface area contributed by atoms with E-state index >= 15 is 0 Å². The molecule has 0 saturated heterocycles. The molecule has 0 spiro atoms.